The van der Waals surface area contributed by atoms with Crippen LogP contribution in [0.2, 0.25) is 0 Å². The second-order valence-electron chi connectivity index (χ2n) is 5.05. The molecule has 3 rings (SSSR count). The van der Waals surface area contributed by atoms with Crippen LogP contribution in [0.15, 0.2) is 9.73 Å². The molecule has 1 saturated heterocycles. The third-order valence-corrected chi connectivity index (χ3v) is 3.40. The second kappa shape index (κ2) is 7.17. The summed E-state index contributed by atoms with van der Waals surface area (Å²) >= 11 is 0. The van der Waals surface area contributed by atoms with Crippen molar-refractivity contribution in [3.05, 3.63) is 11.4 Å². The summed E-state index contributed by atoms with van der Waals surface area (Å²) in [5, 5.41) is 11.7. The molecule has 2 aromatic rings. The maximum Gasteiger partial charge on any atom is 0.322 e. The molecular weight excluding hydrogens is 316 g/mol. The van der Waals surface area contributed by atoms with Crippen LogP contribution >= 0.6 is 0 Å². The van der Waals surface area contributed by atoms with Crippen molar-refractivity contribution >= 4 is 17.6 Å². The number of aromatic nitrogens is 5. The van der Waals surface area contributed by atoms with E-state index in [0.717, 1.165) is 0 Å². The van der Waals surface area contributed by atoms with Gasteiger partial charge in [0, 0.05) is 13.1 Å². The lowest BCUT2D eigenvalue weighted by molar-refractivity contribution is 0.122. The molecule has 0 aliphatic carbocycles. The van der Waals surface area contributed by atoms with Crippen molar-refractivity contribution < 1.29 is 14.1 Å². The maximum atomic E-state index is 5.34. The molecule has 0 atom stereocenters. The van der Waals surface area contributed by atoms with E-state index in [1.54, 1.807) is 13.8 Å². The Kier molecular flexibility index (Phi) is 4.79. The Morgan fingerprint density at radius 2 is 2.00 bits per heavy atom. The molecule has 0 unspecified atom stereocenters. The molecule has 128 valence electrons. The van der Waals surface area contributed by atoms with Crippen molar-refractivity contribution in [1.82, 2.24) is 25.3 Å². The Labute approximate surface area is 138 Å². The number of ether oxygens (including phenoxy) is 2. The van der Waals surface area contributed by atoms with Gasteiger partial charge in [0.1, 0.15) is 5.69 Å². The van der Waals surface area contributed by atoms with Crippen LogP contribution in [0.1, 0.15) is 18.3 Å². The molecule has 1 N–H and O–H groups in total. The molecule has 0 radical (unpaired) electrons. The van der Waals surface area contributed by atoms with Crippen LogP contribution in [0.3, 0.4) is 0 Å². The Morgan fingerprint density at radius 1 is 1.21 bits per heavy atom. The van der Waals surface area contributed by atoms with E-state index in [0.29, 0.717) is 49.4 Å². The number of methoxy groups -OCH3 is 1. The van der Waals surface area contributed by atoms with Crippen molar-refractivity contribution in [3.8, 4) is 6.01 Å². The second-order valence-corrected chi connectivity index (χ2v) is 5.05. The van der Waals surface area contributed by atoms with E-state index >= 15 is 0 Å². The molecule has 24 heavy (non-hydrogen) atoms. The molecule has 0 bridgehead atoms. The number of nitrogens with zero attached hydrogens (tertiary/aromatic N) is 7. The number of anilines is 2. The van der Waals surface area contributed by atoms with Crippen LogP contribution in [-0.4, -0.2) is 64.4 Å². The van der Waals surface area contributed by atoms with Gasteiger partial charge in [-0.25, -0.2) is 10.1 Å². The molecule has 3 heterocycles. The minimum atomic E-state index is 0.209. The molecule has 0 amide bonds. The first-order chi connectivity index (χ1) is 11.7. The summed E-state index contributed by atoms with van der Waals surface area (Å²) in [6, 6.07) is 0.209. The number of hydrogen-bond donors (Lipinski definition) is 1. The first kappa shape index (κ1) is 16.1. The number of nitrogens with one attached hydrogen (secondary N) is 1. The van der Waals surface area contributed by atoms with E-state index in [9.17, 15) is 0 Å². The first-order valence-electron chi connectivity index (χ1n) is 7.40. The zero-order valence-corrected chi connectivity index (χ0v) is 13.7. The molecule has 2 aromatic heterocycles. The third-order valence-electron chi connectivity index (χ3n) is 3.40. The number of rotatable bonds is 5. The van der Waals surface area contributed by atoms with E-state index < -0.39 is 0 Å². The highest BCUT2D eigenvalue weighted by Crippen LogP contribution is 2.16. The van der Waals surface area contributed by atoms with E-state index in [1.165, 1.54) is 7.11 Å². The van der Waals surface area contributed by atoms with E-state index in [-0.39, 0.29) is 12.0 Å². The van der Waals surface area contributed by atoms with Crippen LogP contribution < -0.4 is 15.1 Å². The summed E-state index contributed by atoms with van der Waals surface area (Å²) in [7, 11) is 1.50. The average molecular weight is 334 g/mol. The Morgan fingerprint density at radius 3 is 2.67 bits per heavy atom. The number of aryl methyl sites for hydroxylation is 1. The van der Waals surface area contributed by atoms with Gasteiger partial charge in [-0.15, -0.1) is 0 Å². The van der Waals surface area contributed by atoms with Gasteiger partial charge in [0.2, 0.25) is 5.95 Å². The quantitative estimate of drug-likeness (QED) is 0.600. The van der Waals surface area contributed by atoms with Gasteiger partial charge in [-0.1, -0.05) is 5.16 Å². The predicted molar refractivity (Wildman–Crippen MR) is 84.3 cm³/mol. The predicted octanol–water partition coefficient (Wildman–Crippen LogP) is 0.244. The van der Waals surface area contributed by atoms with Crippen LogP contribution in [0, 0.1) is 6.92 Å². The van der Waals surface area contributed by atoms with Gasteiger partial charge in [-0.2, -0.15) is 20.1 Å². The molecule has 11 nitrogen and oxygen atoms in total. The number of hydrogen-bond acceptors (Lipinski definition) is 11. The highest BCUT2D eigenvalue weighted by atomic mass is 16.6. The molecule has 11 heteroatoms. The van der Waals surface area contributed by atoms with Gasteiger partial charge >= 0.3 is 6.01 Å². The topological polar surface area (TPSA) is 124 Å². The fourth-order valence-electron chi connectivity index (χ4n) is 2.14. The SMILES string of the molecule is COc1nc(NN=C(C)c2nonc2C)nc(N2CCOCC2)n1. The van der Waals surface area contributed by atoms with Crippen molar-refractivity contribution in [2.75, 3.05) is 43.7 Å². The standard InChI is InChI=1S/C13H18N8O3/c1-8(10-9(2)19-24-20-10)17-18-11-14-12(16-13(15-11)22-3)21-4-6-23-7-5-21/h4-7H2,1-3H3,(H,14,15,16,18). The number of hydrazone groups is 1. The summed E-state index contributed by atoms with van der Waals surface area (Å²) in [6.45, 7) is 6.24. The van der Waals surface area contributed by atoms with Gasteiger partial charge in [-0.3, -0.25) is 0 Å². The van der Waals surface area contributed by atoms with Gasteiger partial charge in [-0.05, 0) is 19.0 Å². The first-order valence-corrected chi connectivity index (χ1v) is 7.40. The molecule has 0 aromatic carbocycles. The minimum Gasteiger partial charge on any atom is -0.467 e. The average Bonchev–Trinajstić information content (AvgIpc) is 3.06. The zero-order chi connectivity index (χ0) is 16.9. The fourth-order valence-corrected chi connectivity index (χ4v) is 2.14. The Balaban J connectivity index is 1.80. The summed E-state index contributed by atoms with van der Waals surface area (Å²) in [5.74, 6) is 0.789. The lowest BCUT2D eigenvalue weighted by Crippen LogP contribution is -2.37. The van der Waals surface area contributed by atoms with Gasteiger partial charge in [0.15, 0.2) is 5.69 Å². The summed E-state index contributed by atoms with van der Waals surface area (Å²) in [6.07, 6.45) is 0. The van der Waals surface area contributed by atoms with Crippen molar-refractivity contribution in [3.63, 3.8) is 0 Å². The van der Waals surface area contributed by atoms with Crippen molar-refractivity contribution in [2.24, 2.45) is 5.10 Å². The Bertz CT molecular complexity index is 726. The van der Waals surface area contributed by atoms with Gasteiger partial charge in [0.05, 0.1) is 26.0 Å². The van der Waals surface area contributed by atoms with E-state index in [4.69, 9.17) is 9.47 Å². The Hall–Kier alpha value is -2.82. The summed E-state index contributed by atoms with van der Waals surface area (Å²) < 4.78 is 15.1. The summed E-state index contributed by atoms with van der Waals surface area (Å²) in [4.78, 5) is 14.8. The zero-order valence-electron chi connectivity index (χ0n) is 13.7. The van der Waals surface area contributed by atoms with Crippen LogP contribution in [0.25, 0.3) is 0 Å². The lowest BCUT2D eigenvalue weighted by Gasteiger charge is -2.26. The highest BCUT2D eigenvalue weighted by Gasteiger charge is 2.17. The highest BCUT2D eigenvalue weighted by molar-refractivity contribution is 5.97. The van der Waals surface area contributed by atoms with Gasteiger partial charge in [0.25, 0.3) is 5.95 Å². The fraction of sp³-hybridized carbons (Fsp3) is 0.538. The minimum absolute atomic E-state index is 0.209. The van der Waals surface area contributed by atoms with Crippen LogP contribution in [0.4, 0.5) is 11.9 Å². The largest absolute Gasteiger partial charge is 0.467 e. The molecule has 1 aliphatic heterocycles. The smallest absolute Gasteiger partial charge is 0.322 e. The lowest BCUT2D eigenvalue weighted by atomic mass is 10.2. The number of morpholine rings is 1. The van der Waals surface area contributed by atoms with E-state index in [2.05, 4.69) is 40.4 Å². The molecular formula is C13H18N8O3. The van der Waals surface area contributed by atoms with Crippen molar-refractivity contribution in [1.29, 1.82) is 0 Å². The van der Waals surface area contributed by atoms with E-state index in [1.807, 2.05) is 4.90 Å². The molecule has 1 aliphatic rings. The monoisotopic (exact) mass is 334 g/mol. The summed E-state index contributed by atoms with van der Waals surface area (Å²) in [5.41, 5.74) is 4.61. The normalized spacial score (nSPS) is 15.5. The molecule has 0 spiro atoms. The van der Waals surface area contributed by atoms with Crippen LogP contribution in [-0.2, 0) is 4.74 Å². The molecule has 1 fully saturated rings. The van der Waals surface area contributed by atoms with Crippen LogP contribution in [0.5, 0.6) is 6.01 Å². The molecule has 0 saturated carbocycles. The third kappa shape index (κ3) is 3.56. The van der Waals surface area contributed by atoms with Crippen molar-refractivity contribution in [2.45, 2.75) is 13.8 Å². The maximum absolute atomic E-state index is 5.34. The van der Waals surface area contributed by atoms with Gasteiger partial charge < -0.3 is 14.4 Å².